The van der Waals surface area contributed by atoms with Gasteiger partial charge in [-0.05, 0) is 67.1 Å². The number of nitrogens with zero attached hydrogens (tertiary/aromatic N) is 1. The molecule has 9 heteroatoms. The first kappa shape index (κ1) is 22.1. The average Bonchev–Trinajstić information content (AvgIpc) is 2.70. The van der Waals surface area contributed by atoms with Crippen molar-refractivity contribution in [2.75, 3.05) is 16.7 Å². The normalized spacial score (nSPS) is 11.2. The molecule has 1 amide bonds. The summed E-state index contributed by atoms with van der Waals surface area (Å²) in [6.07, 6.45) is 0. The lowest BCUT2D eigenvalue weighted by molar-refractivity contribution is 0.102. The van der Waals surface area contributed by atoms with Gasteiger partial charge >= 0.3 is 0 Å². The fraction of sp³-hybridized carbons (Fsp3) is 0.0952. The summed E-state index contributed by atoms with van der Waals surface area (Å²) in [5.41, 5.74) is 1.53. The quantitative estimate of drug-likeness (QED) is 0.538. The van der Waals surface area contributed by atoms with Crippen molar-refractivity contribution < 1.29 is 17.6 Å². The maximum Gasteiger partial charge on any atom is 0.264 e. The van der Waals surface area contributed by atoms with Gasteiger partial charge in [0.25, 0.3) is 15.9 Å². The summed E-state index contributed by atoms with van der Waals surface area (Å²) in [6, 6.07) is 13.9. The highest BCUT2D eigenvalue weighted by atomic mass is 35.5. The second-order valence-electron chi connectivity index (χ2n) is 6.50. The highest BCUT2D eigenvalue weighted by Crippen LogP contribution is 2.27. The molecule has 156 valence electrons. The molecule has 0 aliphatic carbocycles. The third-order valence-corrected chi connectivity index (χ3v) is 6.83. The van der Waals surface area contributed by atoms with E-state index in [4.69, 9.17) is 23.2 Å². The summed E-state index contributed by atoms with van der Waals surface area (Å²) in [4.78, 5) is 12.6. The average molecular weight is 467 g/mol. The molecular weight excluding hydrogens is 450 g/mol. The minimum atomic E-state index is -4.01. The first-order chi connectivity index (χ1) is 14.1. The lowest BCUT2D eigenvalue weighted by atomic mass is 10.1. The molecule has 5 nitrogen and oxygen atoms in total. The van der Waals surface area contributed by atoms with Crippen LogP contribution in [-0.2, 0) is 10.0 Å². The fourth-order valence-electron chi connectivity index (χ4n) is 2.71. The van der Waals surface area contributed by atoms with Gasteiger partial charge in [0.1, 0.15) is 5.82 Å². The second-order valence-corrected chi connectivity index (χ2v) is 9.32. The van der Waals surface area contributed by atoms with Crippen LogP contribution in [0.25, 0.3) is 0 Å². The van der Waals surface area contributed by atoms with Crippen molar-refractivity contribution in [3.05, 3.63) is 87.7 Å². The van der Waals surface area contributed by atoms with Gasteiger partial charge < -0.3 is 5.32 Å². The Hall–Kier alpha value is -2.61. The number of sulfonamides is 1. The van der Waals surface area contributed by atoms with Crippen LogP contribution in [0.2, 0.25) is 10.0 Å². The maximum absolute atomic E-state index is 13.2. The number of aryl methyl sites for hydroxylation is 1. The summed E-state index contributed by atoms with van der Waals surface area (Å²) < 4.78 is 40.2. The number of carbonyl (C=O) groups is 1. The van der Waals surface area contributed by atoms with E-state index >= 15 is 0 Å². The molecule has 0 aliphatic rings. The molecule has 0 atom stereocenters. The van der Waals surface area contributed by atoms with Gasteiger partial charge in [0, 0.05) is 17.8 Å². The Morgan fingerprint density at radius 2 is 1.67 bits per heavy atom. The van der Waals surface area contributed by atoms with Crippen LogP contribution in [0.3, 0.4) is 0 Å². The second kappa shape index (κ2) is 8.63. The van der Waals surface area contributed by atoms with Gasteiger partial charge in [-0.25, -0.2) is 12.8 Å². The Balaban J connectivity index is 1.95. The lowest BCUT2D eigenvalue weighted by Crippen LogP contribution is -2.27. The van der Waals surface area contributed by atoms with Gasteiger partial charge in [-0.2, -0.15) is 0 Å². The predicted octanol–water partition coefficient (Wildman–Crippen LogP) is 5.52. The topological polar surface area (TPSA) is 66.5 Å². The largest absolute Gasteiger partial charge is 0.322 e. The van der Waals surface area contributed by atoms with Crippen molar-refractivity contribution in [3.63, 3.8) is 0 Å². The van der Waals surface area contributed by atoms with Crippen LogP contribution in [-0.4, -0.2) is 21.4 Å². The van der Waals surface area contributed by atoms with E-state index in [9.17, 15) is 17.6 Å². The molecule has 0 aliphatic heterocycles. The lowest BCUT2D eigenvalue weighted by Gasteiger charge is -2.20. The molecule has 0 radical (unpaired) electrons. The van der Waals surface area contributed by atoms with E-state index in [1.54, 1.807) is 25.1 Å². The molecule has 3 rings (SSSR count). The van der Waals surface area contributed by atoms with Crippen molar-refractivity contribution in [1.29, 1.82) is 0 Å². The zero-order chi connectivity index (χ0) is 22.1. The number of halogens is 3. The molecule has 0 aromatic heterocycles. The zero-order valence-corrected chi connectivity index (χ0v) is 18.3. The first-order valence-electron chi connectivity index (χ1n) is 8.71. The van der Waals surface area contributed by atoms with E-state index in [1.165, 1.54) is 37.4 Å². The highest BCUT2D eigenvalue weighted by molar-refractivity contribution is 7.92. The molecule has 1 N–H and O–H groups in total. The van der Waals surface area contributed by atoms with E-state index in [0.717, 1.165) is 22.0 Å². The van der Waals surface area contributed by atoms with Crippen molar-refractivity contribution in [3.8, 4) is 0 Å². The Bertz CT molecular complexity index is 1220. The van der Waals surface area contributed by atoms with Gasteiger partial charge in [-0.3, -0.25) is 9.10 Å². The maximum atomic E-state index is 13.2. The van der Waals surface area contributed by atoms with Crippen LogP contribution in [0.4, 0.5) is 15.8 Å². The Morgan fingerprint density at radius 3 is 2.33 bits per heavy atom. The van der Waals surface area contributed by atoms with Gasteiger partial charge in [-0.15, -0.1) is 0 Å². The minimum absolute atomic E-state index is 0.00961. The molecule has 0 saturated heterocycles. The summed E-state index contributed by atoms with van der Waals surface area (Å²) in [5, 5.41) is 3.23. The van der Waals surface area contributed by atoms with Crippen LogP contribution in [0.5, 0.6) is 0 Å². The van der Waals surface area contributed by atoms with Crippen LogP contribution in [0, 0.1) is 12.7 Å². The first-order valence-corrected chi connectivity index (χ1v) is 10.9. The molecule has 0 bridgehead atoms. The summed E-state index contributed by atoms with van der Waals surface area (Å²) in [7, 11) is -2.67. The monoisotopic (exact) mass is 466 g/mol. The minimum Gasteiger partial charge on any atom is -0.322 e. The molecule has 30 heavy (non-hydrogen) atoms. The number of nitrogens with one attached hydrogen (secondary N) is 1. The number of amides is 1. The number of carbonyl (C=O) groups excluding carboxylic acids is 1. The number of anilines is 2. The molecule has 0 saturated carbocycles. The van der Waals surface area contributed by atoms with Crippen molar-refractivity contribution >= 4 is 50.5 Å². The van der Waals surface area contributed by atoms with E-state index < -0.39 is 21.7 Å². The molecule has 3 aromatic rings. The molecule has 0 heterocycles. The van der Waals surface area contributed by atoms with Crippen molar-refractivity contribution in [1.82, 2.24) is 0 Å². The van der Waals surface area contributed by atoms with E-state index in [-0.39, 0.29) is 21.2 Å². The van der Waals surface area contributed by atoms with E-state index in [0.29, 0.717) is 10.7 Å². The van der Waals surface area contributed by atoms with Crippen molar-refractivity contribution in [2.24, 2.45) is 0 Å². The number of hydrogen-bond acceptors (Lipinski definition) is 3. The molecule has 3 aromatic carbocycles. The predicted molar refractivity (Wildman–Crippen MR) is 118 cm³/mol. The van der Waals surface area contributed by atoms with Crippen LogP contribution in [0.15, 0.2) is 65.6 Å². The van der Waals surface area contributed by atoms with Crippen LogP contribution in [0.1, 0.15) is 15.9 Å². The Kier molecular flexibility index (Phi) is 6.36. The standard InChI is InChI=1S/C21H17Cl2FN2O3S/c1-13-3-4-14(22)11-20(13)25-21(27)18-12-17(9-10-19(18)23)30(28,29)26(2)16-7-5-15(24)6-8-16/h3-12H,1-2H3,(H,25,27). The van der Waals surface area contributed by atoms with Gasteiger partial charge in [0.15, 0.2) is 0 Å². The smallest absolute Gasteiger partial charge is 0.264 e. The number of hydrogen-bond donors (Lipinski definition) is 1. The zero-order valence-electron chi connectivity index (χ0n) is 16.0. The Morgan fingerprint density at radius 1 is 1.00 bits per heavy atom. The summed E-state index contributed by atoms with van der Waals surface area (Å²) in [6.45, 7) is 1.80. The fourth-order valence-corrected chi connectivity index (χ4v) is 4.30. The highest BCUT2D eigenvalue weighted by Gasteiger charge is 2.24. The third kappa shape index (κ3) is 4.59. The molecular formula is C21H17Cl2FN2O3S. The van der Waals surface area contributed by atoms with Gasteiger partial charge in [0.2, 0.25) is 0 Å². The number of benzene rings is 3. The van der Waals surface area contributed by atoms with Gasteiger partial charge in [-0.1, -0.05) is 29.3 Å². The van der Waals surface area contributed by atoms with Gasteiger partial charge in [0.05, 0.1) is 21.2 Å². The van der Waals surface area contributed by atoms with Crippen LogP contribution < -0.4 is 9.62 Å². The SMILES string of the molecule is Cc1ccc(Cl)cc1NC(=O)c1cc(S(=O)(=O)N(C)c2ccc(F)cc2)ccc1Cl. The number of rotatable bonds is 5. The molecule has 0 spiro atoms. The van der Waals surface area contributed by atoms with Crippen LogP contribution >= 0.6 is 23.2 Å². The summed E-state index contributed by atoms with van der Waals surface area (Å²) >= 11 is 12.1. The molecule has 0 unspecified atom stereocenters. The van der Waals surface area contributed by atoms with E-state index in [1.807, 2.05) is 0 Å². The summed E-state index contributed by atoms with van der Waals surface area (Å²) in [5.74, 6) is -1.06. The third-order valence-electron chi connectivity index (χ3n) is 4.48. The van der Waals surface area contributed by atoms with E-state index in [2.05, 4.69) is 5.32 Å². The van der Waals surface area contributed by atoms with Crippen molar-refractivity contribution in [2.45, 2.75) is 11.8 Å². The Labute approximate surface area is 184 Å². The molecule has 0 fully saturated rings.